The highest BCUT2D eigenvalue weighted by atomic mass is 19.1. The van der Waals surface area contributed by atoms with E-state index in [0.717, 1.165) is 12.0 Å². The second-order valence-corrected chi connectivity index (χ2v) is 3.38. The van der Waals surface area contributed by atoms with Crippen LogP contribution in [0.1, 0.15) is 23.6 Å². The van der Waals surface area contributed by atoms with Crippen LogP contribution in [0.5, 0.6) is 5.75 Å². The van der Waals surface area contributed by atoms with Crippen LogP contribution in [0.15, 0.2) is 12.1 Å². The van der Waals surface area contributed by atoms with Crippen LogP contribution in [0.4, 0.5) is 4.39 Å². The van der Waals surface area contributed by atoms with Crippen molar-refractivity contribution >= 4 is 0 Å². The first kappa shape index (κ1) is 8.51. The second kappa shape index (κ2) is 3.00. The van der Waals surface area contributed by atoms with E-state index >= 15 is 0 Å². The molecule has 1 aromatic carbocycles. The van der Waals surface area contributed by atoms with Crippen molar-refractivity contribution in [2.75, 3.05) is 6.61 Å². The van der Waals surface area contributed by atoms with Crippen LogP contribution >= 0.6 is 0 Å². The molecule has 1 atom stereocenters. The van der Waals surface area contributed by atoms with Crippen molar-refractivity contribution in [1.82, 2.24) is 0 Å². The Morgan fingerprint density at radius 1 is 1.54 bits per heavy atom. The zero-order chi connectivity index (χ0) is 9.42. The number of fused-ring (bicyclic) bond motifs is 1. The maximum Gasteiger partial charge on any atom is 0.129 e. The molecule has 0 saturated heterocycles. The fourth-order valence-corrected chi connectivity index (χ4v) is 1.55. The average Bonchev–Trinajstić information content (AvgIpc) is 2.09. The Kier molecular flexibility index (Phi) is 1.96. The molecular weight excluding hydrogens is 169 g/mol. The lowest BCUT2D eigenvalue weighted by molar-refractivity contribution is 0.267. The van der Waals surface area contributed by atoms with E-state index in [9.17, 15) is 4.39 Å². The molecule has 1 heterocycles. The molecule has 0 saturated carbocycles. The Balaban J connectivity index is 2.52. The number of ether oxygens (including phenoxy) is 1. The summed E-state index contributed by atoms with van der Waals surface area (Å²) in [4.78, 5) is 0. The number of hydrogen-bond donors (Lipinski definition) is 1. The third kappa shape index (κ3) is 1.40. The van der Waals surface area contributed by atoms with Crippen LogP contribution < -0.4 is 10.5 Å². The molecule has 2 nitrogen and oxygen atoms in total. The van der Waals surface area contributed by atoms with Crippen LogP contribution in [0.3, 0.4) is 0 Å². The van der Waals surface area contributed by atoms with Gasteiger partial charge in [0.15, 0.2) is 0 Å². The van der Waals surface area contributed by atoms with Crippen molar-refractivity contribution in [3.8, 4) is 5.75 Å². The summed E-state index contributed by atoms with van der Waals surface area (Å²) in [6.07, 6.45) is 0.804. The van der Waals surface area contributed by atoms with Crippen molar-refractivity contribution < 1.29 is 9.13 Å². The molecule has 1 aromatic rings. The van der Waals surface area contributed by atoms with Gasteiger partial charge < -0.3 is 10.5 Å². The largest absolute Gasteiger partial charge is 0.493 e. The Morgan fingerprint density at radius 2 is 2.31 bits per heavy atom. The van der Waals surface area contributed by atoms with Gasteiger partial charge in [-0.3, -0.25) is 0 Å². The number of hydrogen-bond acceptors (Lipinski definition) is 2. The summed E-state index contributed by atoms with van der Waals surface area (Å²) in [6.45, 7) is 2.31. The van der Waals surface area contributed by atoms with E-state index in [0.29, 0.717) is 17.9 Å². The van der Waals surface area contributed by atoms with Crippen molar-refractivity contribution in [2.24, 2.45) is 5.73 Å². The average molecular weight is 181 g/mol. The highest BCUT2D eigenvalue weighted by Crippen LogP contribution is 2.32. The first-order valence-electron chi connectivity index (χ1n) is 4.37. The number of halogens is 1. The van der Waals surface area contributed by atoms with E-state index in [4.69, 9.17) is 10.5 Å². The van der Waals surface area contributed by atoms with Gasteiger partial charge in [0.1, 0.15) is 11.6 Å². The Hall–Kier alpha value is -1.09. The first-order valence-corrected chi connectivity index (χ1v) is 4.37. The first-order chi connectivity index (χ1) is 6.18. The molecule has 3 heteroatoms. The molecule has 2 rings (SSSR count). The molecule has 0 bridgehead atoms. The summed E-state index contributed by atoms with van der Waals surface area (Å²) >= 11 is 0. The van der Waals surface area contributed by atoms with Gasteiger partial charge in [-0.05, 0) is 18.6 Å². The molecule has 70 valence electrons. The Bertz CT molecular complexity index is 338. The maximum atomic E-state index is 13.1. The summed E-state index contributed by atoms with van der Waals surface area (Å²) in [5.74, 6) is 0.370. The molecule has 0 radical (unpaired) electrons. The lowest BCUT2D eigenvalue weighted by Gasteiger charge is -2.23. The van der Waals surface area contributed by atoms with Gasteiger partial charge in [0.25, 0.3) is 0 Å². The normalized spacial score (nSPS) is 20.7. The van der Waals surface area contributed by atoms with E-state index in [2.05, 4.69) is 0 Å². The van der Waals surface area contributed by atoms with Gasteiger partial charge in [0.2, 0.25) is 0 Å². The van der Waals surface area contributed by atoms with E-state index in [1.165, 1.54) is 6.07 Å². The van der Waals surface area contributed by atoms with E-state index < -0.39 is 0 Å². The highest BCUT2D eigenvalue weighted by Gasteiger charge is 2.19. The standard InChI is InChI=1S/C10H12FNO/c1-6-4-7-9(12)2-3-13-10(7)5-8(6)11/h4-5,9H,2-3,12H2,1H3. The number of benzene rings is 1. The topological polar surface area (TPSA) is 35.2 Å². The van der Waals surface area contributed by atoms with E-state index in [-0.39, 0.29) is 11.9 Å². The van der Waals surface area contributed by atoms with Gasteiger partial charge in [-0.2, -0.15) is 0 Å². The van der Waals surface area contributed by atoms with Crippen LogP contribution in [0.25, 0.3) is 0 Å². The third-order valence-electron chi connectivity index (χ3n) is 2.38. The molecule has 0 aromatic heterocycles. The molecule has 0 fully saturated rings. The Morgan fingerprint density at radius 3 is 3.08 bits per heavy atom. The van der Waals surface area contributed by atoms with Crippen LogP contribution in [-0.2, 0) is 0 Å². The molecule has 1 aliphatic rings. The molecule has 0 aliphatic carbocycles. The van der Waals surface area contributed by atoms with Gasteiger partial charge in [0.05, 0.1) is 6.61 Å². The number of rotatable bonds is 0. The second-order valence-electron chi connectivity index (χ2n) is 3.38. The predicted octanol–water partition coefficient (Wildman–Crippen LogP) is 1.92. The molecular formula is C10H12FNO. The smallest absolute Gasteiger partial charge is 0.129 e. The van der Waals surface area contributed by atoms with Crippen molar-refractivity contribution in [3.05, 3.63) is 29.1 Å². The fraction of sp³-hybridized carbons (Fsp3) is 0.400. The quantitative estimate of drug-likeness (QED) is 0.663. The van der Waals surface area contributed by atoms with E-state index in [1.54, 1.807) is 13.0 Å². The molecule has 0 amide bonds. The van der Waals surface area contributed by atoms with Gasteiger partial charge in [-0.25, -0.2) is 4.39 Å². The molecule has 2 N–H and O–H groups in total. The van der Waals surface area contributed by atoms with Crippen LogP contribution in [0.2, 0.25) is 0 Å². The van der Waals surface area contributed by atoms with Gasteiger partial charge in [-0.1, -0.05) is 0 Å². The third-order valence-corrected chi connectivity index (χ3v) is 2.38. The molecule has 1 aliphatic heterocycles. The summed E-state index contributed by atoms with van der Waals surface area (Å²) < 4.78 is 18.4. The maximum absolute atomic E-state index is 13.1. The monoisotopic (exact) mass is 181 g/mol. The minimum atomic E-state index is -0.229. The minimum absolute atomic E-state index is 0.0111. The van der Waals surface area contributed by atoms with E-state index in [1.807, 2.05) is 0 Å². The van der Waals surface area contributed by atoms with Crippen molar-refractivity contribution in [1.29, 1.82) is 0 Å². The molecule has 0 spiro atoms. The van der Waals surface area contributed by atoms with Gasteiger partial charge in [0, 0.05) is 24.1 Å². The van der Waals surface area contributed by atoms with Gasteiger partial charge in [-0.15, -0.1) is 0 Å². The van der Waals surface area contributed by atoms with Crippen molar-refractivity contribution in [3.63, 3.8) is 0 Å². The lowest BCUT2D eigenvalue weighted by Crippen LogP contribution is -2.20. The minimum Gasteiger partial charge on any atom is -0.493 e. The Labute approximate surface area is 76.5 Å². The summed E-state index contributed by atoms with van der Waals surface area (Å²) in [6, 6.07) is 3.18. The highest BCUT2D eigenvalue weighted by molar-refractivity contribution is 5.41. The van der Waals surface area contributed by atoms with Crippen molar-refractivity contribution in [2.45, 2.75) is 19.4 Å². The molecule has 13 heavy (non-hydrogen) atoms. The number of aryl methyl sites for hydroxylation is 1. The summed E-state index contributed by atoms with van der Waals surface area (Å²) in [5, 5.41) is 0. The van der Waals surface area contributed by atoms with Crippen LogP contribution in [-0.4, -0.2) is 6.61 Å². The summed E-state index contributed by atoms with van der Waals surface area (Å²) in [5.41, 5.74) is 7.41. The van der Waals surface area contributed by atoms with Gasteiger partial charge >= 0.3 is 0 Å². The fourth-order valence-electron chi connectivity index (χ4n) is 1.55. The summed E-state index contributed by atoms with van der Waals surface area (Å²) in [7, 11) is 0. The SMILES string of the molecule is Cc1cc2c(cc1F)OCCC2N. The van der Waals surface area contributed by atoms with Crippen LogP contribution in [0, 0.1) is 12.7 Å². The molecule has 1 unspecified atom stereocenters. The predicted molar refractivity (Wildman–Crippen MR) is 48.2 cm³/mol. The zero-order valence-corrected chi connectivity index (χ0v) is 7.51. The lowest BCUT2D eigenvalue weighted by atomic mass is 9.99. The number of nitrogens with two attached hydrogens (primary N) is 1. The zero-order valence-electron chi connectivity index (χ0n) is 7.51.